The number of aryl methyl sites for hydroxylation is 1. The van der Waals surface area contributed by atoms with E-state index in [1.54, 1.807) is 13.2 Å². The first kappa shape index (κ1) is 11.7. The summed E-state index contributed by atoms with van der Waals surface area (Å²) in [4.78, 5) is 0. The molecule has 0 fully saturated rings. The molecular formula is C15H17NO. The summed E-state index contributed by atoms with van der Waals surface area (Å²) in [7, 11) is 1.67. The van der Waals surface area contributed by atoms with Gasteiger partial charge in [0.1, 0.15) is 5.75 Å². The van der Waals surface area contributed by atoms with E-state index in [9.17, 15) is 0 Å². The number of allylic oxidation sites excluding steroid dienone is 2. The Kier molecular flexibility index (Phi) is 2.93. The van der Waals surface area contributed by atoms with Crippen LogP contribution < -0.4 is 4.74 Å². The van der Waals surface area contributed by atoms with Crippen molar-refractivity contribution in [2.75, 3.05) is 7.11 Å². The number of fused-ring (bicyclic) bond motifs is 1. The summed E-state index contributed by atoms with van der Waals surface area (Å²) in [5.41, 5.74) is 3.67. The van der Waals surface area contributed by atoms with Gasteiger partial charge in [-0.1, -0.05) is 19.9 Å². The second-order valence-electron chi connectivity index (χ2n) is 5.09. The van der Waals surface area contributed by atoms with Crippen molar-refractivity contribution in [3.63, 3.8) is 0 Å². The number of ether oxygens (including phenoxy) is 1. The van der Waals surface area contributed by atoms with Crippen molar-refractivity contribution in [1.29, 1.82) is 5.26 Å². The summed E-state index contributed by atoms with van der Waals surface area (Å²) in [6.45, 7) is 4.39. The lowest BCUT2D eigenvalue weighted by atomic mass is 9.70. The minimum Gasteiger partial charge on any atom is -0.497 e. The van der Waals surface area contributed by atoms with Crippen molar-refractivity contribution >= 4 is 5.57 Å². The highest BCUT2D eigenvalue weighted by molar-refractivity contribution is 5.76. The second kappa shape index (κ2) is 4.25. The molecule has 0 heterocycles. The number of benzene rings is 1. The molecule has 0 saturated heterocycles. The zero-order valence-electron chi connectivity index (χ0n) is 10.6. The van der Waals surface area contributed by atoms with E-state index >= 15 is 0 Å². The SMILES string of the molecule is COc1ccc2c(c1)C(=CC#N)C(C)(C)CC2. The third-order valence-corrected chi connectivity index (χ3v) is 3.56. The largest absolute Gasteiger partial charge is 0.497 e. The first-order valence-corrected chi connectivity index (χ1v) is 5.86. The van der Waals surface area contributed by atoms with Crippen molar-refractivity contribution in [3.05, 3.63) is 35.4 Å². The highest BCUT2D eigenvalue weighted by Gasteiger charge is 2.30. The second-order valence-corrected chi connectivity index (χ2v) is 5.09. The van der Waals surface area contributed by atoms with Gasteiger partial charge in [-0.3, -0.25) is 0 Å². The summed E-state index contributed by atoms with van der Waals surface area (Å²) in [6.07, 6.45) is 3.83. The smallest absolute Gasteiger partial charge is 0.119 e. The van der Waals surface area contributed by atoms with Crippen LogP contribution in [0.1, 0.15) is 31.4 Å². The summed E-state index contributed by atoms with van der Waals surface area (Å²) in [6, 6.07) is 8.30. The van der Waals surface area contributed by atoms with Crippen molar-refractivity contribution in [3.8, 4) is 11.8 Å². The van der Waals surface area contributed by atoms with E-state index in [2.05, 4.69) is 26.0 Å². The zero-order chi connectivity index (χ0) is 12.5. The lowest BCUT2D eigenvalue weighted by molar-refractivity contribution is 0.411. The summed E-state index contributed by atoms with van der Waals surface area (Å²) in [5, 5.41) is 8.95. The molecule has 0 radical (unpaired) electrons. The van der Waals surface area contributed by atoms with Gasteiger partial charge in [-0.15, -0.1) is 0 Å². The maximum Gasteiger partial charge on any atom is 0.119 e. The van der Waals surface area contributed by atoms with Crippen LogP contribution in [0.2, 0.25) is 0 Å². The molecule has 0 N–H and O–H groups in total. The van der Waals surface area contributed by atoms with E-state index in [0.29, 0.717) is 0 Å². The fourth-order valence-electron chi connectivity index (χ4n) is 2.44. The molecule has 0 aliphatic heterocycles. The fraction of sp³-hybridized carbons (Fsp3) is 0.400. The van der Waals surface area contributed by atoms with Crippen LogP contribution in [0.15, 0.2) is 24.3 Å². The molecule has 0 bridgehead atoms. The van der Waals surface area contributed by atoms with Crippen LogP contribution in [0.25, 0.3) is 5.57 Å². The molecule has 2 rings (SSSR count). The lowest BCUT2D eigenvalue weighted by Crippen LogP contribution is -2.21. The average molecular weight is 227 g/mol. The number of hydrogen-bond donors (Lipinski definition) is 0. The Labute approximate surface area is 103 Å². The van der Waals surface area contributed by atoms with Gasteiger partial charge in [0, 0.05) is 6.08 Å². The summed E-state index contributed by atoms with van der Waals surface area (Å²) < 4.78 is 5.26. The minimum atomic E-state index is 0.0646. The van der Waals surface area contributed by atoms with Crippen LogP contribution in [0, 0.1) is 16.7 Å². The van der Waals surface area contributed by atoms with Gasteiger partial charge in [-0.2, -0.15) is 5.26 Å². The molecule has 0 aromatic heterocycles. The van der Waals surface area contributed by atoms with Crippen LogP contribution >= 0.6 is 0 Å². The normalized spacial score (nSPS) is 19.5. The standard InChI is InChI=1S/C15H17NO/c1-15(2)8-6-11-4-5-12(17-3)10-13(11)14(15)7-9-16/h4-5,7,10H,6,8H2,1-3H3. The Balaban J connectivity index is 2.60. The Morgan fingerprint density at radius 1 is 1.41 bits per heavy atom. The third kappa shape index (κ3) is 2.06. The summed E-state index contributed by atoms with van der Waals surface area (Å²) >= 11 is 0. The zero-order valence-corrected chi connectivity index (χ0v) is 10.6. The van der Waals surface area contributed by atoms with Gasteiger partial charge in [0.05, 0.1) is 13.2 Å². The Bertz CT molecular complexity index is 506. The van der Waals surface area contributed by atoms with Crippen molar-refractivity contribution in [2.45, 2.75) is 26.7 Å². The highest BCUT2D eigenvalue weighted by atomic mass is 16.5. The van der Waals surface area contributed by atoms with E-state index in [0.717, 1.165) is 24.2 Å². The Hall–Kier alpha value is -1.75. The van der Waals surface area contributed by atoms with Crippen molar-refractivity contribution in [1.82, 2.24) is 0 Å². The minimum absolute atomic E-state index is 0.0646. The van der Waals surface area contributed by atoms with Crippen LogP contribution in [0.5, 0.6) is 5.75 Å². The fourth-order valence-corrected chi connectivity index (χ4v) is 2.44. The molecule has 1 aliphatic carbocycles. The van der Waals surface area contributed by atoms with Gasteiger partial charge in [0.2, 0.25) is 0 Å². The van der Waals surface area contributed by atoms with Gasteiger partial charge in [-0.05, 0) is 47.1 Å². The predicted octanol–water partition coefficient (Wildman–Crippen LogP) is 3.57. The average Bonchev–Trinajstić information content (AvgIpc) is 2.32. The van der Waals surface area contributed by atoms with Crippen LogP contribution in [-0.4, -0.2) is 7.11 Å². The molecule has 2 nitrogen and oxygen atoms in total. The first-order chi connectivity index (χ1) is 8.08. The molecule has 0 unspecified atom stereocenters. The molecule has 0 spiro atoms. The van der Waals surface area contributed by atoms with Crippen LogP contribution in [0.4, 0.5) is 0 Å². The van der Waals surface area contributed by atoms with Crippen LogP contribution in [-0.2, 0) is 6.42 Å². The molecule has 0 amide bonds. The molecule has 0 saturated carbocycles. The van der Waals surface area contributed by atoms with Gasteiger partial charge in [0.15, 0.2) is 0 Å². The highest BCUT2D eigenvalue weighted by Crippen LogP contribution is 2.45. The number of methoxy groups -OCH3 is 1. The summed E-state index contributed by atoms with van der Waals surface area (Å²) in [5.74, 6) is 0.852. The van der Waals surface area contributed by atoms with E-state index in [4.69, 9.17) is 10.00 Å². The third-order valence-electron chi connectivity index (χ3n) is 3.56. The maximum atomic E-state index is 8.95. The van der Waals surface area contributed by atoms with Crippen molar-refractivity contribution in [2.24, 2.45) is 5.41 Å². The monoisotopic (exact) mass is 227 g/mol. The predicted molar refractivity (Wildman–Crippen MR) is 68.7 cm³/mol. The van der Waals surface area contributed by atoms with Gasteiger partial charge in [0.25, 0.3) is 0 Å². The molecule has 88 valence electrons. The molecular weight excluding hydrogens is 210 g/mol. The number of rotatable bonds is 1. The molecule has 1 aromatic carbocycles. The van der Waals surface area contributed by atoms with Gasteiger partial charge in [-0.25, -0.2) is 0 Å². The van der Waals surface area contributed by atoms with E-state index in [-0.39, 0.29) is 5.41 Å². The quantitative estimate of drug-likeness (QED) is 0.687. The topological polar surface area (TPSA) is 33.0 Å². The van der Waals surface area contributed by atoms with Crippen molar-refractivity contribution < 1.29 is 4.74 Å². The van der Waals surface area contributed by atoms with E-state index in [1.165, 1.54) is 11.1 Å². The first-order valence-electron chi connectivity index (χ1n) is 5.86. The number of nitrogens with zero attached hydrogens (tertiary/aromatic N) is 1. The van der Waals surface area contributed by atoms with Gasteiger partial charge >= 0.3 is 0 Å². The lowest BCUT2D eigenvalue weighted by Gasteiger charge is -2.34. The molecule has 0 atom stereocenters. The number of nitriles is 1. The molecule has 2 heteroatoms. The van der Waals surface area contributed by atoms with Gasteiger partial charge < -0.3 is 4.74 Å². The molecule has 1 aliphatic rings. The Morgan fingerprint density at radius 3 is 2.82 bits per heavy atom. The van der Waals surface area contributed by atoms with Crippen LogP contribution in [0.3, 0.4) is 0 Å². The molecule has 17 heavy (non-hydrogen) atoms. The maximum absolute atomic E-state index is 8.95. The Morgan fingerprint density at radius 2 is 2.18 bits per heavy atom. The van der Waals surface area contributed by atoms with E-state index in [1.807, 2.05) is 12.1 Å². The number of hydrogen-bond acceptors (Lipinski definition) is 2. The molecule has 1 aromatic rings. The van der Waals surface area contributed by atoms with E-state index < -0.39 is 0 Å².